The number of rotatable bonds is 1. The van der Waals surface area contributed by atoms with Gasteiger partial charge in [0.1, 0.15) is 0 Å². The lowest BCUT2D eigenvalue weighted by Gasteiger charge is -2.32. The van der Waals surface area contributed by atoms with Gasteiger partial charge in [-0.15, -0.1) is 0 Å². The number of fused-ring (bicyclic) bond motifs is 1. The molecule has 0 saturated carbocycles. The van der Waals surface area contributed by atoms with Crippen molar-refractivity contribution in [3.05, 3.63) is 34.9 Å². The zero-order chi connectivity index (χ0) is 13.5. The highest BCUT2D eigenvalue weighted by atomic mass is 16.5. The Kier molecular flexibility index (Phi) is 2.81. The van der Waals surface area contributed by atoms with E-state index in [1.54, 1.807) is 6.07 Å². The molecule has 1 saturated heterocycles. The molecule has 2 aliphatic rings. The van der Waals surface area contributed by atoms with E-state index < -0.39 is 0 Å². The van der Waals surface area contributed by atoms with Gasteiger partial charge in [-0.3, -0.25) is 4.79 Å². The molecular formula is C15H17NO3. The Morgan fingerprint density at radius 1 is 1.32 bits per heavy atom. The quantitative estimate of drug-likeness (QED) is 0.777. The van der Waals surface area contributed by atoms with Crippen molar-refractivity contribution in [1.29, 1.82) is 0 Å². The first kappa shape index (κ1) is 12.2. The maximum Gasteiger partial charge on any atom is 0.337 e. The molecule has 4 heteroatoms. The highest BCUT2D eigenvalue weighted by Gasteiger charge is 2.44. The summed E-state index contributed by atoms with van der Waals surface area (Å²) in [5, 5.41) is 2.94. The van der Waals surface area contributed by atoms with Gasteiger partial charge in [-0.1, -0.05) is 6.07 Å². The van der Waals surface area contributed by atoms with Crippen LogP contribution in [0.4, 0.5) is 0 Å². The SMILES string of the molecule is COC(=O)c1ccc2c(c1)CCC1(CCNC1=O)C2. The third-order valence-corrected chi connectivity index (χ3v) is 4.40. The van der Waals surface area contributed by atoms with Crippen molar-refractivity contribution in [2.75, 3.05) is 13.7 Å². The Balaban J connectivity index is 1.91. The normalized spacial score (nSPS) is 25.0. The summed E-state index contributed by atoms with van der Waals surface area (Å²) in [6, 6.07) is 5.66. The molecule has 1 aromatic rings. The summed E-state index contributed by atoms with van der Waals surface area (Å²) in [6.07, 6.45) is 3.43. The molecule has 1 aliphatic carbocycles. The molecule has 1 aliphatic heterocycles. The van der Waals surface area contributed by atoms with Gasteiger partial charge >= 0.3 is 5.97 Å². The summed E-state index contributed by atoms with van der Waals surface area (Å²) in [6.45, 7) is 0.786. The average Bonchev–Trinajstić information content (AvgIpc) is 2.78. The molecule has 1 fully saturated rings. The summed E-state index contributed by atoms with van der Waals surface area (Å²) in [5.41, 5.74) is 2.75. The first-order chi connectivity index (χ1) is 9.14. The molecule has 1 unspecified atom stereocenters. The number of aryl methyl sites for hydroxylation is 1. The highest BCUT2D eigenvalue weighted by molar-refractivity contribution is 5.90. The molecule has 0 radical (unpaired) electrons. The summed E-state index contributed by atoms with van der Waals surface area (Å²) in [4.78, 5) is 23.5. The maximum atomic E-state index is 12.0. The van der Waals surface area contributed by atoms with Gasteiger partial charge in [-0.25, -0.2) is 4.79 Å². The van der Waals surface area contributed by atoms with Gasteiger partial charge in [0.25, 0.3) is 0 Å². The molecular weight excluding hydrogens is 242 g/mol. The number of hydrogen-bond donors (Lipinski definition) is 1. The van der Waals surface area contributed by atoms with Crippen LogP contribution in [0.15, 0.2) is 18.2 Å². The van der Waals surface area contributed by atoms with Crippen molar-refractivity contribution in [2.45, 2.75) is 25.7 Å². The van der Waals surface area contributed by atoms with Gasteiger partial charge in [0, 0.05) is 6.54 Å². The highest BCUT2D eigenvalue weighted by Crippen LogP contribution is 2.41. The van der Waals surface area contributed by atoms with Crippen molar-refractivity contribution in [2.24, 2.45) is 5.41 Å². The fraction of sp³-hybridized carbons (Fsp3) is 0.467. The maximum absolute atomic E-state index is 12.0. The lowest BCUT2D eigenvalue weighted by atomic mass is 9.70. The Labute approximate surface area is 112 Å². The van der Waals surface area contributed by atoms with E-state index in [1.807, 2.05) is 12.1 Å². The van der Waals surface area contributed by atoms with Gasteiger partial charge in [-0.2, -0.15) is 0 Å². The second-order valence-electron chi connectivity index (χ2n) is 5.44. The largest absolute Gasteiger partial charge is 0.465 e. The molecule has 1 heterocycles. The van der Waals surface area contributed by atoms with Crippen LogP contribution >= 0.6 is 0 Å². The summed E-state index contributed by atoms with van der Waals surface area (Å²) in [7, 11) is 1.39. The predicted octanol–water partition coefficient (Wildman–Crippen LogP) is 1.47. The number of ether oxygens (including phenoxy) is 1. The monoisotopic (exact) mass is 259 g/mol. The zero-order valence-electron chi connectivity index (χ0n) is 11.0. The lowest BCUT2D eigenvalue weighted by Crippen LogP contribution is -2.36. The van der Waals surface area contributed by atoms with Crippen LogP contribution in [0.5, 0.6) is 0 Å². The van der Waals surface area contributed by atoms with Crippen molar-refractivity contribution in [1.82, 2.24) is 5.32 Å². The third kappa shape index (κ3) is 1.91. The Hall–Kier alpha value is -1.84. The number of amides is 1. The van der Waals surface area contributed by atoms with Gasteiger partial charge in [0.2, 0.25) is 5.91 Å². The van der Waals surface area contributed by atoms with Gasteiger partial charge in [0.05, 0.1) is 18.1 Å². The van der Waals surface area contributed by atoms with Crippen molar-refractivity contribution in [3.8, 4) is 0 Å². The van der Waals surface area contributed by atoms with Crippen LogP contribution in [-0.2, 0) is 22.4 Å². The lowest BCUT2D eigenvalue weighted by molar-refractivity contribution is -0.128. The van der Waals surface area contributed by atoms with Crippen molar-refractivity contribution < 1.29 is 14.3 Å². The first-order valence-corrected chi connectivity index (χ1v) is 6.63. The van der Waals surface area contributed by atoms with Crippen LogP contribution in [0, 0.1) is 5.41 Å². The fourth-order valence-electron chi connectivity index (χ4n) is 3.23. The van der Waals surface area contributed by atoms with E-state index in [-0.39, 0.29) is 17.3 Å². The number of nitrogens with one attached hydrogen (secondary N) is 1. The average molecular weight is 259 g/mol. The smallest absolute Gasteiger partial charge is 0.337 e. The van der Waals surface area contributed by atoms with Gasteiger partial charge < -0.3 is 10.1 Å². The number of esters is 1. The molecule has 1 atom stereocenters. The van der Waals surface area contributed by atoms with E-state index in [4.69, 9.17) is 4.74 Å². The molecule has 3 rings (SSSR count). The van der Waals surface area contributed by atoms with Crippen LogP contribution in [0.2, 0.25) is 0 Å². The summed E-state index contributed by atoms with van der Waals surface area (Å²) in [5.74, 6) is -0.114. The molecule has 19 heavy (non-hydrogen) atoms. The number of carbonyl (C=O) groups is 2. The van der Waals surface area contributed by atoms with Crippen molar-refractivity contribution in [3.63, 3.8) is 0 Å². The summed E-state index contributed by atoms with van der Waals surface area (Å²) < 4.78 is 4.73. The Morgan fingerprint density at radius 3 is 2.84 bits per heavy atom. The molecule has 1 aromatic carbocycles. The minimum absolute atomic E-state index is 0.190. The molecule has 1 N–H and O–H groups in total. The molecule has 4 nitrogen and oxygen atoms in total. The van der Waals surface area contributed by atoms with Crippen LogP contribution in [0.25, 0.3) is 0 Å². The minimum Gasteiger partial charge on any atom is -0.465 e. The van der Waals surface area contributed by atoms with Crippen LogP contribution < -0.4 is 5.32 Å². The Bertz CT molecular complexity index is 552. The Morgan fingerprint density at radius 2 is 2.16 bits per heavy atom. The number of methoxy groups -OCH3 is 1. The standard InChI is InChI=1S/C15H17NO3/c1-19-13(17)11-2-3-12-9-15(5-4-10(12)8-11)6-7-16-14(15)18/h2-3,8H,4-7,9H2,1H3,(H,16,18). The second kappa shape index (κ2) is 4.37. The zero-order valence-corrected chi connectivity index (χ0v) is 11.0. The van der Waals surface area contributed by atoms with E-state index in [1.165, 1.54) is 18.2 Å². The van der Waals surface area contributed by atoms with Gasteiger partial charge in [-0.05, 0) is 48.9 Å². The molecule has 100 valence electrons. The van der Waals surface area contributed by atoms with Crippen molar-refractivity contribution >= 4 is 11.9 Å². The predicted molar refractivity (Wildman–Crippen MR) is 69.9 cm³/mol. The van der Waals surface area contributed by atoms with E-state index in [2.05, 4.69) is 5.32 Å². The van der Waals surface area contributed by atoms with Crippen LogP contribution in [0.3, 0.4) is 0 Å². The summed E-state index contributed by atoms with van der Waals surface area (Å²) >= 11 is 0. The first-order valence-electron chi connectivity index (χ1n) is 6.63. The number of carbonyl (C=O) groups excluding carboxylic acids is 2. The van der Waals surface area contributed by atoms with Crippen LogP contribution in [0.1, 0.15) is 34.3 Å². The topological polar surface area (TPSA) is 55.4 Å². The number of hydrogen-bond acceptors (Lipinski definition) is 3. The molecule has 0 bridgehead atoms. The number of benzene rings is 1. The van der Waals surface area contributed by atoms with E-state index in [0.717, 1.165) is 32.2 Å². The third-order valence-electron chi connectivity index (χ3n) is 4.40. The van der Waals surface area contributed by atoms with E-state index >= 15 is 0 Å². The molecule has 0 aromatic heterocycles. The second-order valence-corrected chi connectivity index (χ2v) is 5.44. The van der Waals surface area contributed by atoms with Gasteiger partial charge in [0.15, 0.2) is 0 Å². The van der Waals surface area contributed by atoms with E-state index in [0.29, 0.717) is 5.56 Å². The molecule has 1 spiro atoms. The molecule has 1 amide bonds. The fourth-order valence-corrected chi connectivity index (χ4v) is 3.23. The minimum atomic E-state index is -0.304. The van der Waals surface area contributed by atoms with Crippen LogP contribution in [-0.4, -0.2) is 25.5 Å². The van der Waals surface area contributed by atoms with E-state index in [9.17, 15) is 9.59 Å².